The van der Waals surface area contributed by atoms with E-state index in [0.717, 1.165) is 0 Å². The van der Waals surface area contributed by atoms with Crippen LogP contribution in [0, 0.1) is 11.6 Å². The molecule has 40 heavy (non-hydrogen) atoms. The second-order valence-corrected chi connectivity index (χ2v) is 9.95. The van der Waals surface area contributed by atoms with Crippen molar-refractivity contribution in [2.24, 2.45) is 0 Å². The summed E-state index contributed by atoms with van der Waals surface area (Å²) in [6.45, 7) is 0. The van der Waals surface area contributed by atoms with Crippen molar-refractivity contribution in [2.45, 2.75) is 31.3 Å². The van der Waals surface area contributed by atoms with Crippen molar-refractivity contribution in [1.29, 1.82) is 0 Å². The van der Waals surface area contributed by atoms with Gasteiger partial charge in [0.2, 0.25) is 5.91 Å². The largest absolute Gasteiger partial charge is 0.346 e. The fourth-order valence-electron chi connectivity index (χ4n) is 5.57. The number of nitrogens with one attached hydrogen (secondary N) is 2. The third kappa shape index (κ3) is 3.88. The van der Waals surface area contributed by atoms with Crippen LogP contribution in [0.1, 0.15) is 36.7 Å². The maximum Gasteiger partial charge on any atom is 0.247 e. The van der Waals surface area contributed by atoms with Gasteiger partial charge in [0.05, 0.1) is 28.1 Å². The smallest absolute Gasteiger partial charge is 0.247 e. The molecule has 0 radical (unpaired) electrons. The molecule has 4 aromatic heterocycles. The van der Waals surface area contributed by atoms with Crippen molar-refractivity contribution in [3.63, 3.8) is 0 Å². The Labute approximate surface area is 229 Å². The van der Waals surface area contributed by atoms with Crippen LogP contribution in [-0.2, 0) is 4.79 Å². The quantitative estimate of drug-likeness (QED) is 0.327. The summed E-state index contributed by atoms with van der Waals surface area (Å²) >= 11 is 6.11. The Morgan fingerprint density at radius 1 is 1.07 bits per heavy atom. The van der Waals surface area contributed by atoms with E-state index >= 15 is 8.78 Å². The molecule has 1 saturated heterocycles. The Kier molecular flexibility index (Phi) is 5.73. The van der Waals surface area contributed by atoms with E-state index in [1.54, 1.807) is 29.3 Å². The predicted octanol–water partition coefficient (Wildman–Crippen LogP) is 4.29. The molecule has 7 rings (SSSR count). The lowest BCUT2D eigenvalue weighted by Crippen LogP contribution is -2.39. The maximum absolute atomic E-state index is 15.3. The second-order valence-electron chi connectivity index (χ2n) is 9.54. The molecule has 2 aliphatic rings. The molecule has 0 unspecified atom stereocenters. The molecule has 0 saturated carbocycles. The third-order valence-electron chi connectivity index (χ3n) is 7.33. The SMILES string of the molecule is O=C1C=C(c2c(-n3cnnn3)ccc(Cl)c2F)C[C@H]2CC[C@@H](c3nc(-c4ccnc(-c5ccn[nH]5)c4F)c[nH]3)N12. The molecular formula is C26H19ClF2N10O. The number of amides is 1. The minimum atomic E-state index is -0.638. The van der Waals surface area contributed by atoms with E-state index in [2.05, 4.69) is 40.7 Å². The number of hydrogen-bond donors (Lipinski definition) is 2. The standard InChI is InChI=1S/C26H19ClF2N10O/c27-16-2-4-19(38-12-33-36-37-38)22(24(16)29)13-9-14-1-3-20(39(14)21(40)10-13)26-31-11-18(34-26)15-5-7-30-25(23(15)28)17-6-8-32-35-17/h2,4-8,10-12,14,20H,1,3,9H2,(H,31,34)(H,32,35)/t14-,20+/m1/s1. The molecule has 0 bridgehead atoms. The lowest BCUT2D eigenvalue weighted by molar-refractivity contribution is -0.129. The molecule has 11 nitrogen and oxygen atoms in total. The van der Waals surface area contributed by atoms with E-state index in [1.165, 1.54) is 35.5 Å². The van der Waals surface area contributed by atoms with Gasteiger partial charge in [-0.3, -0.25) is 14.9 Å². The molecule has 0 aliphatic carbocycles. The van der Waals surface area contributed by atoms with E-state index in [9.17, 15) is 4.79 Å². The van der Waals surface area contributed by atoms with Gasteiger partial charge in [-0.25, -0.2) is 13.8 Å². The fourth-order valence-corrected chi connectivity index (χ4v) is 5.72. The summed E-state index contributed by atoms with van der Waals surface area (Å²) in [7, 11) is 0. The van der Waals surface area contributed by atoms with Crippen molar-refractivity contribution < 1.29 is 13.6 Å². The number of fused-ring (bicyclic) bond motifs is 1. The molecule has 6 heterocycles. The van der Waals surface area contributed by atoms with Crippen molar-refractivity contribution in [1.82, 2.24) is 50.3 Å². The summed E-state index contributed by atoms with van der Waals surface area (Å²) in [5.74, 6) is -0.894. The zero-order chi connectivity index (χ0) is 27.4. The highest BCUT2D eigenvalue weighted by Crippen LogP contribution is 2.44. The van der Waals surface area contributed by atoms with E-state index in [4.69, 9.17) is 11.6 Å². The molecule has 5 aromatic rings. The van der Waals surface area contributed by atoms with Gasteiger partial charge in [-0.15, -0.1) is 5.10 Å². The maximum atomic E-state index is 15.3. The average Bonchev–Trinajstić information content (AvgIpc) is 3.77. The van der Waals surface area contributed by atoms with Crippen molar-refractivity contribution in [2.75, 3.05) is 0 Å². The normalized spacial score (nSPS) is 18.7. The van der Waals surface area contributed by atoms with E-state index in [0.29, 0.717) is 47.7 Å². The number of halogens is 3. The summed E-state index contributed by atoms with van der Waals surface area (Å²) in [6, 6.07) is 5.70. The molecule has 1 fully saturated rings. The number of benzene rings is 1. The number of tetrazole rings is 1. The monoisotopic (exact) mass is 560 g/mol. The Bertz CT molecular complexity index is 1770. The number of H-pyrrole nitrogens is 2. The van der Waals surface area contributed by atoms with Gasteiger partial charge in [-0.1, -0.05) is 11.6 Å². The highest BCUT2D eigenvalue weighted by Gasteiger charge is 2.42. The van der Waals surface area contributed by atoms with Crippen molar-refractivity contribution in [3.8, 4) is 28.3 Å². The Morgan fingerprint density at radius 3 is 2.77 bits per heavy atom. The zero-order valence-electron chi connectivity index (χ0n) is 20.6. The van der Waals surface area contributed by atoms with Gasteiger partial charge in [-0.05, 0) is 59.5 Å². The number of hydrogen-bond acceptors (Lipinski definition) is 7. The number of carbonyl (C=O) groups is 1. The highest BCUT2D eigenvalue weighted by molar-refractivity contribution is 6.31. The summed E-state index contributed by atoms with van der Waals surface area (Å²) in [6.07, 6.45) is 9.17. The Hall–Kier alpha value is -4.78. The minimum Gasteiger partial charge on any atom is -0.346 e. The average molecular weight is 561 g/mol. The Morgan fingerprint density at radius 2 is 1.98 bits per heavy atom. The molecule has 1 aromatic carbocycles. The fraction of sp³-hybridized carbons (Fsp3) is 0.192. The van der Waals surface area contributed by atoms with Gasteiger partial charge < -0.3 is 9.88 Å². The van der Waals surface area contributed by atoms with Crippen LogP contribution in [0.4, 0.5) is 8.78 Å². The number of rotatable bonds is 5. The predicted molar refractivity (Wildman–Crippen MR) is 139 cm³/mol. The number of pyridine rings is 1. The van der Waals surface area contributed by atoms with Gasteiger partial charge in [0, 0.05) is 41.8 Å². The number of aromatic amines is 2. The van der Waals surface area contributed by atoms with Crippen molar-refractivity contribution in [3.05, 3.63) is 83.3 Å². The number of nitrogens with zero attached hydrogens (tertiary/aromatic N) is 8. The lowest BCUT2D eigenvalue weighted by Gasteiger charge is -2.33. The topological polar surface area (TPSA) is 134 Å². The molecule has 14 heteroatoms. The first kappa shape index (κ1) is 24.3. The summed E-state index contributed by atoms with van der Waals surface area (Å²) in [4.78, 5) is 27.1. The molecule has 2 atom stereocenters. The first-order valence-electron chi connectivity index (χ1n) is 12.4. The van der Waals surface area contributed by atoms with E-state index in [-0.39, 0.29) is 39.8 Å². The van der Waals surface area contributed by atoms with Crippen LogP contribution in [0.25, 0.3) is 33.9 Å². The lowest BCUT2D eigenvalue weighted by atomic mass is 9.92. The summed E-state index contributed by atoms with van der Waals surface area (Å²) < 4.78 is 32.0. The number of carbonyl (C=O) groups excluding carboxylic acids is 1. The van der Waals surface area contributed by atoms with Gasteiger partial charge >= 0.3 is 0 Å². The molecule has 2 N–H and O–H groups in total. The Balaban J connectivity index is 1.20. The number of imidazole rings is 1. The van der Waals surface area contributed by atoms with Gasteiger partial charge in [0.1, 0.15) is 17.8 Å². The summed E-state index contributed by atoms with van der Waals surface area (Å²) in [5, 5.41) is 17.7. The highest BCUT2D eigenvalue weighted by atomic mass is 35.5. The first-order valence-corrected chi connectivity index (χ1v) is 12.8. The van der Waals surface area contributed by atoms with Gasteiger partial charge in [-0.2, -0.15) is 9.78 Å². The van der Waals surface area contributed by atoms with Crippen LogP contribution in [0.5, 0.6) is 0 Å². The van der Waals surface area contributed by atoms with Crippen LogP contribution < -0.4 is 0 Å². The molecule has 1 amide bonds. The summed E-state index contributed by atoms with van der Waals surface area (Å²) in [5.41, 5.74) is 2.36. The molecule has 200 valence electrons. The molecular weight excluding hydrogens is 542 g/mol. The molecule has 0 spiro atoms. The van der Waals surface area contributed by atoms with Crippen LogP contribution >= 0.6 is 11.6 Å². The van der Waals surface area contributed by atoms with E-state index in [1.807, 2.05) is 0 Å². The molecule has 2 aliphatic heterocycles. The first-order chi connectivity index (χ1) is 19.5. The van der Waals surface area contributed by atoms with Crippen LogP contribution in [0.15, 0.2) is 55.3 Å². The van der Waals surface area contributed by atoms with Crippen LogP contribution in [0.3, 0.4) is 0 Å². The van der Waals surface area contributed by atoms with Gasteiger partial charge in [0.15, 0.2) is 11.6 Å². The van der Waals surface area contributed by atoms with Crippen molar-refractivity contribution >= 4 is 23.1 Å². The number of aromatic nitrogens is 9. The van der Waals surface area contributed by atoms with Crippen LogP contribution in [-0.4, -0.2) is 62.2 Å². The van der Waals surface area contributed by atoms with Gasteiger partial charge in [0.25, 0.3) is 0 Å². The van der Waals surface area contributed by atoms with Crippen LogP contribution in [0.2, 0.25) is 5.02 Å². The third-order valence-corrected chi connectivity index (χ3v) is 7.63. The second kappa shape index (κ2) is 9.45. The zero-order valence-corrected chi connectivity index (χ0v) is 21.3. The van der Waals surface area contributed by atoms with E-state index < -0.39 is 11.6 Å². The minimum absolute atomic E-state index is 0.0611.